The van der Waals surface area contributed by atoms with Crippen LogP contribution in [0.25, 0.3) is 5.69 Å². The molecular formula is C15H17N3O2. The number of aliphatic hydroxyl groups excluding tert-OH is 1. The molecule has 1 aliphatic rings. The molecular weight excluding hydrogens is 254 g/mol. The fourth-order valence-corrected chi connectivity index (χ4v) is 2.59. The monoisotopic (exact) mass is 271 g/mol. The van der Waals surface area contributed by atoms with Crippen molar-refractivity contribution in [1.29, 1.82) is 0 Å². The number of amides is 1. The van der Waals surface area contributed by atoms with E-state index >= 15 is 0 Å². The van der Waals surface area contributed by atoms with Crippen LogP contribution in [0.2, 0.25) is 0 Å². The Bertz CT molecular complexity index is 663. The van der Waals surface area contributed by atoms with Crippen molar-refractivity contribution in [3.05, 3.63) is 47.5 Å². The van der Waals surface area contributed by atoms with Crippen molar-refractivity contribution in [2.75, 3.05) is 7.05 Å². The number of hydrogen-bond donors (Lipinski definition) is 1. The number of carbonyl (C=O) groups excluding carboxylic acids is 1. The van der Waals surface area contributed by atoms with Gasteiger partial charge in [0.2, 0.25) is 0 Å². The Morgan fingerprint density at radius 2 is 2.15 bits per heavy atom. The van der Waals surface area contributed by atoms with Crippen LogP contribution in [0.1, 0.15) is 41.2 Å². The Labute approximate surface area is 117 Å². The van der Waals surface area contributed by atoms with Gasteiger partial charge in [0.1, 0.15) is 0 Å². The molecule has 104 valence electrons. The summed E-state index contributed by atoms with van der Waals surface area (Å²) in [5.74, 6) is -0.0127. The first-order valence-corrected chi connectivity index (χ1v) is 6.72. The zero-order chi connectivity index (χ0) is 14.3. The smallest absolute Gasteiger partial charge is 0.256 e. The average Bonchev–Trinajstić information content (AvgIpc) is 2.85. The highest BCUT2D eigenvalue weighted by Crippen LogP contribution is 2.28. The van der Waals surface area contributed by atoms with Crippen molar-refractivity contribution in [1.82, 2.24) is 14.5 Å². The lowest BCUT2D eigenvalue weighted by atomic mass is 10.1. The van der Waals surface area contributed by atoms with Gasteiger partial charge in [-0.15, -0.1) is 0 Å². The molecule has 0 spiro atoms. The summed E-state index contributed by atoms with van der Waals surface area (Å²) in [5, 5.41) is 10.1. The normalized spacial score (nSPS) is 15.6. The SMILES string of the molecule is CCC(O)c1ncn2c1CN(C)C(=O)c1ccccc1-2. The van der Waals surface area contributed by atoms with Crippen LogP contribution in [0.3, 0.4) is 0 Å². The standard InChI is InChI=1S/C15H17N3O2/c1-3-13(19)14-12-8-17(2)15(20)10-6-4-5-7-11(10)18(12)9-16-14/h4-7,9,13,19H,3,8H2,1-2H3. The van der Waals surface area contributed by atoms with Gasteiger partial charge in [0.15, 0.2) is 0 Å². The first-order valence-electron chi connectivity index (χ1n) is 6.72. The van der Waals surface area contributed by atoms with E-state index in [0.717, 1.165) is 11.4 Å². The number of fused-ring (bicyclic) bond motifs is 3. The number of para-hydroxylation sites is 1. The molecule has 3 rings (SSSR count). The Balaban J connectivity index is 2.23. The molecule has 0 saturated heterocycles. The Kier molecular flexibility index (Phi) is 3.06. The number of aromatic nitrogens is 2. The molecule has 2 heterocycles. The minimum atomic E-state index is -0.597. The molecule has 1 aromatic heterocycles. The van der Waals surface area contributed by atoms with Gasteiger partial charge < -0.3 is 14.6 Å². The lowest BCUT2D eigenvalue weighted by molar-refractivity contribution is 0.0785. The minimum absolute atomic E-state index is 0.0127. The highest BCUT2D eigenvalue weighted by molar-refractivity contribution is 5.98. The van der Waals surface area contributed by atoms with Gasteiger partial charge in [0.05, 0.1) is 41.6 Å². The maximum absolute atomic E-state index is 12.4. The fourth-order valence-electron chi connectivity index (χ4n) is 2.59. The van der Waals surface area contributed by atoms with E-state index in [1.54, 1.807) is 18.3 Å². The second kappa shape index (κ2) is 4.76. The Morgan fingerprint density at radius 3 is 2.90 bits per heavy atom. The lowest BCUT2D eigenvalue weighted by Crippen LogP contribution is -2.25. The molecule has 1 aromatic carbocycles. The van der Waals surface area contributed by atoms with E-state index in [4.69, 9.17) is 0 Å². The van der Waals surface area contributed by atoms with Crippen LogP contribution in [0.15, 0.2) is 30.6 Å². The highest BCUT2D eigenvalue weighted by atomic mass is 16.3. The third kappa shape index (κ3) is 1.82. The predicted octanol–water partition coefficient (Wildman–Crippen LogP) is 1.90. The van der Waals surface area contributed by atoms with Gasteiger partial charge in [-0.1, -0.05) is 19.1 Å². The summed E-state index contributed by atoms with van der Waals surface area (Å²) < 4.78 is 1.91. The number of imidazole rings is 1. The van der Waals surface area contributed by atoms with Crippen molar-refractivity contribution in [2.45, 2.75) is 26.0 Å². The van der Waals surface area contributed by atoms with Crippen molar-refractivity contribution >= 4 is 5.91 Å². The molecule has 0 aliphatic carbocycles. The number of hydrogen-bond acceptors (Lipinski definition) is 3. The quantitative estimate of drug-likeness (QED) is 0.907. The summed E-state index contributed by atoms with van der Waals surface area (Å²) in [7, 11) is 1.77. The molecule has 20 heavy (non-hydrogen) atoms. The summed E-state index contributed by atoms with van der Waals surface area (Å²) in [6, 6.07) is 7.48. The molecule has 1 amide bonds. The van der Waals surface area contributed by atoms with Gasteiger partial charge in [-0.05, 0) is 18.6 Å². The summed E-state index contributed by atoms with van der Waals surface area (Å²) >= 11 is 0. The third-order valence-corrected chi connectivity index (χ3v) is 3.73. The van der Waals surface area contributed by atoms with Crippen LogP contribution >= 0.6 is 0 Å². The van der Waals surface area contributed by atoms with Crippen molar-refractivity contribution in [3.63, 3.8) is 0 Å². The number of rotatable bonds is 2. The predicted molar refractivity (Wildman–Crippen MR) is 74.6 cm³/mol. The molecule has 5 nitrogen and oxygen atoms in total. The zero-order valence-corrected chi connectivity index (χ0v) is 11.6. The van der Waals surface area contributed by atoms with E-state index in [2.05, 4.69) is 4.98 Å². The minimum Gasteiger partial charge on any atom is -0.387 e. The van der Waals surface area contributed by atoms with Gasteiger partial charge in [-0.25, -0.2) is 4.98 Å². The van der Waals surface area contributed by atoms with Gasteiger partial charge >= 0.3 is 0 Å². The molecule has 0 bridgehead atoms. The highest BCUT2D eigenvalue weighted by Gasteiger charge is 2.27. The number of carbonyl (C=O) groups is 1. The van der Waals surface area contributed by atoms with E-state index in [1.807, 2.05) is 35.8 Å². The summed E-state index contributed by atoms with van der Waals surface area (Å²) in [5.41, 5.74) is 3.01. The summed E-state index contributed by atoms with van der Waals surface area (Å²) in [4.78, 5) is 18.4. The average molecular weight is 271 g/mol. The number of aliphatic hydroxyl groups is 1. The molecule has 1 atom stereocenters. The van der Waals surface area contributed by atoms with E-state index in [9.17, 15) is 9.90 Å². The zero-order valence-electron chi connectivity index (χ0n) is 11.6. The van der Waals surface area contributed by atoms with E-state index < -0.39 is 6.10 Å². The molecule has 1 aliphatic heterocycles. The van der Waals surface area contributed by atoms with Crippen molar-refractivity contribution in [2.24, 2.45) is 0 Å². The van der Waals surface area contributed by atoms with Crippen LogP contribution in [-0.4, -0.2) is 32.5 Å². The molecule has 0 saturated carbocycles. The maximum Gasteiger partial charge on any atom is 0.256 e. The van der Waals surface area contributed by atoms with Gasteiger partial charge in [0, 0.05) is 7.05 Å². The third-order valence-electron chi connectivity index (χ3n) is 3.73. The topological polar surface area (TPSA) is 58.4 Å². The second-order valence-electron chi connectivity index (χ2n) is 5.05. The number of benzene rings is 1. The van der Waals surface area contributed by atoms with E-state index in [0.29, 0.717) is 24.2 Å². The molecule has 0 fully saturated rings. The number of nitrogens with zero attached hydrogens (tertiary/aromatic N) is 3. The lowest BCUT2D eigenvalue weighted by Gasteiger charge is -2.15. The summed E-state index contributed by atoms with van der Waals surface area (Å²) in [6.45, 7) is 2.36. The first-order chi connectivity index (χ1) is 9.63. The van der Waals surface area contributed by atoms with Crippen LogP contribution in [0.4, 0.5) is 0 Å². The fraction of sp³-hybridized carbons (Fsp3) is 0.333. The van der Waals surface area contributed by atoms with Crippen molar-refractivity contribution in [3.8, 4) is 5.69 Å². The van der Waals surface area contributed by atoms with Gasteiger partial charge in [-0.3, -0.25) is 4.79 Å². The van der Waals surface area contributed by atoms with Crippen LogP contribution in [0.5, 0.6) is 0 Å². The molecule has 5 heteroatoms. The van der Waals surface area contributed by atoms with E-state index in [1.165, 1.54) is 0 Å². The van der Waals surface area contributed by atoms with Crippen LogP contribution in [-0.2, 0) is 6.54 Å². The molecule has 2 aromatic rings. The molecule has 0 radical (unpaired) electrons. The molecule has 1 N–H and O–H groups in total. The van der Waals surface area contributed by atoms with Crippen molar-refractivity contribution < 1.29 is 9.90 Å². The van der Waals surface area contributed by atoms with E-state index in [-0.39, 0.29) is 5.91 Å². The Hall–Kier alpha value is -2.14. The van der Waals surface area contributed by atoms with Crippen LogP contribution < -0.4 is 0 Å². The van der Waals surface area contributed by atoms with Gasteiger partial charge in [0.25, 0.3) is 5.91 Å². The first kappa shape index (κ1) is 12.9. The molecule has 1 unspecified atom stereocenters. The van der Waals surface area contributed by atoms with Gasteiger partial charge in [-0.2, -0.15) is 0 Å². The second-order valence-corrected chi connectivity index (χ2v) is 5.05. The Morgan fingerprint density at radius 1 is 1.40 bits per heavy atom. The summed E-state index contributed by atoms with van der Waals surface area (Å²) in [6.07, 6.45) is 1.69. The maximum atomic E-state index is 12.4. The largest absolute Gasteiger partial charge is 0.387 e. The van der Waals surface area contributed by atoms with Crippen LogP contribution in [0, 0.1) is 0 Å².